The van der Waals surface area contributed by atoms with Crippen molar-refractivity contribution in [3.05, 3.63) is 84.7 Å². The molecule has 443 valence electrons. The summed E-state index contributed by atoms with van der Waals surface area (Å²) in [6, 6.07) is 1.40. The van der Waals surface area contributed by atoms with Gasteiger partial charge in [0.1, 0.15) is 67.0 Å². The molecule has 0 aliphatic carbocycles. The van der Waals surface area contributed by atoms with Crippen molar-refractivity contribution in [1.82, 2.24) is 76.6 Å². The maximum Gasteiger partial charge on any atom is 0.351 e. The molecule has 43 heteroatoms. The number of aromatic amines is 2. The molecule has 4 fully saturated rings. The van der Waals surface area contributed by atoms with Gasteiger partial charge in [0.25, 0.3) is 11.1 Å². The number of aliphatic hydroxyl groups is 2. The molecule has 0 aromatic carbocycles. The van der Waals surface area contributed by atoms with Crippen molar-refractivity contribution in [3.63, 3.8) is 0 Å². The molecule has 3 unspecified atom stereocenters. The number of nitrogens with one attached hydrogen (secondary N) is 2. The molecule has 4 aliphatic heterocycles. The summed E-state index contributed by atoms with van der Waals surface area (Å²) in [7, 11) is -8.23. The van der Waals surface area contributed by atoms with Gasteiger partial charge in [0.2, 0.25) is 5.95 Å². The van der Waals surface area contributed by atoms with Crippen molar-refractivity contribution in [3.8, 4) is 0 Å². The van der Waals surface area contributed by atoms with Crippen molar-refractivity contribution < 1.29 is 71.0 Å². The minimum Gasteiger partial charge on any atom is -0.394 e. The zero-order valence-electron chi connectivity index (χ0n) is 43.4. The second-order valence-electron chi connectivity index (χ2n) is 17.6. The number of nitrogens with two attached hydrogens (primary N) is 3. The molecule has 0 amide bonds. The minimum atomic E-state index is -2.80. The first-order valence-corrected chi connectivity index (χ1v) is 26.5. The number of H-pyrrole nitrogens is 2. The van der Waals surface area contributed by atoms with Crippen molar-refractivity contribution in [2.45, 2.75) is 106 Å². The van der Waals surface area contributed by atoms with Gasteiger partial charge >= 0.3 is 37.2 Å². The molecule has 0 spiro atoms. The summed E-state index contributed by atoms with van der Waals surface area (Å²) in [6.45, 7) is -0.209. The van der Waals surface area contributed by atoms with Gasteiger partial charge in [0.15, 0.2) is 22.6 Å². The highest BCUT2D eigenvalue weighted by Gasteiger charge is 2.45. The number of ether oxygens (including phenoxy) is 4. The van der Waals surface area contributed by atoms with Crippen LogP contribution in [0.1, 0.15) is 56.2 Å². The van der Waals surface area contributed by atoms with Crippen LogP contribution in [0.15, 0.2) is 56.6 Å². The van der Waals surface area contributed by atoms with E-state index in [2.05, 4.69) is 39.9 Å². The highest BCUT2D eigenvalue weighted by Crippen LogP contribution is 2.48. The Labute approximate surface area is 471 Å². The van der Waals surface area contributed by atoms with E-state index in [9.17, 15) is 44.1 Å². The van der Waals surface area contributed by atoms with E-state index in [0.29, 0.717) is 11.2 Å². The number of anilines is 3. The predicted molar refractivity (Wildman–Crippen MR) is 291 cm³/mol. The summed E-state index contributed by atoms with van der Waals surface area (Å²) >= 11 is 0. The van der Waals surface area contributed by atoms with E-state index in [1.807, 2.05) is 0 Å². The van der Waals surface area contributed by atoms with Crippen LogP contribution in [0.2, 0.25) is 0 Å². The lowest BCUT2D eigenvalue weighted by Crippen LogP contribution is -2.33. The first-order valence-electron chi connectivity index (χ1n) is 23.1. The van der Waals surface area contributed by atoms with Crippen LogP contribution in [0.3, 0.4) is 0 Å². The third-order valence-electron chi connectivity index (χ3n) is 12.7. The molecule has 4 saturated heterocycles. The molecular weight excluding hydrogens is 1150 g/mol. The molecule has 9 radical (unpaired) electrons. The fourth-order valence-corrected chi connectivity index (χ4v) is 11.3. The highest BCUT2D eigenvalue weighted by atomic mass is 31.2. The SMILES string of the molecule is Cc1cn([C@H]2C[C@H](O)[C@@H](COP(O)O[C@H]3C[C@H](n4cnc5c(=O)[nH]c(N)nc54)O[C@@H]3COP(O)O[C@H]3C[C@H](n4cnc5c(N)ncnc54)O[C@@H]3COP(O)O[C@H]3C[C@H](n4ccc(N)nc4=O)O[C@@H]3CO)O2)c(=O)[nH]c1=O.N.N.N.[B].[B].[B]. The van der Waals surface area contributed by atoms with Gasteiger partial charge in [-0.15, -0.1) is 0 Å². The Kier molecular flexibility index (Phi) is 24.8. The predicted octanol–water partition coefficient (Wildman–Crippen LogP) is -2.47. The van der Waals surface area contributed by atoms with E-state index in [-0.39, 0.29) is 117 Å². The minimum absolute atomic E-state index is 0. The summed E-state index contributed by atoms with van der Waals surface area (Å²) in [4.78, 5) is 112. The number of aliphatic hydroxyl groups excluding tert-OH is 2. The molecule has 15 atom stereocenters. The van der Waals surface area contributed by atoms with Crippen LogP contribution in [0.4, 0.5) is 17.6 Å². The number of nitrogens with zero attached hydrogens (tertiary/aromatic N) is 10. The Morgan fingerprint density at radius 2 is 1.13 bits per heavy atom. The second kappa shape index (κ2) is 29.4. The van der Waals surface area contributed by atoms with E-state index >= 15 is 0 Å². The smallest absolute Gasteiger partial charge is 0.351 e. The monoisotopic (exact) mass is 1210 g/mol. The average molecular weight is 1210 g/mol. The standard InChI is InChI=1S/C39H50N15O19P3.3B.3H3N/c1-16-8-52(39(60)50-35(16)57)26-4-17(56)22(68-26)10-64-74(61)72-20-7-29(54-15-46-31-34(54)48-37(42)49-36(31)58)70-24(20)12-66-76(63)73-19-6-28(53-14-45-30-32(41)43-13-44-33(30)53)69-23(19)11-65-75(62)71-18-5-27(67-21(18)9-55)51-3-2-25(40)47-38(51)59;;;;;;/h2-3,8,13-15,17-24,26-29,55-56,61-63H,4-7,9-12H2,1H3,(H2,40,47,59)(H2,41,43,44)(H,50,57,60)(H3,42,48,49,58);;;;3*1H3/t17-,18-,19-,20-,21+,22+,23+,24+,26+,27+,28+,29+,74?,75?,76?;;;;;;/m0....../s1. The topological polar surface area (TPSA) is 573 Å². The van der Waals surface area contributed by atoms with E-state index in [1.54, 1.807) is 4.57 Å². The number of imidazole rings is 2. The number of rotatable bonds is 20. The fraction of sp³-hybridized carbons (Fsp3) is 0.538. The molecule has 6 aromatic heterocycles. The quantitative estimate of drug-likeness (QED) is 0.0278. The molecule has 0 bridgehead atoms. The number of fused-ring (bicyclic) bond motifs is 2. The van der Waals surface area contributed by atoms with Crippen molar-refractivity contribution in [2.24, 2.45) is 0 Å². The van der Waals surface area contributed by atoms with Gasteiger partial charge < -0.3 is 107 Å². The molecule has 22 N–H and O–H groups in total. The number of aryl methyl sites for hydroxylation is 1. The van der Waals surface area contributed by atoms with Crippen LogP contribution in [0.5, 0.6) is 0 Å². The van der Waals surface area contributed by atoms with Gasteiger partial charge in [-0.1, -0.05) is 0 Å². The van der Waals surface area contributed by atoms with Crippen molar-refractivity contribution >= 4 is 91.0 Å². The third kappa shape index (κ3) is 14.9. The van der Waals surface area contributed by atoms with Gasteiger partial charge in [0, 0.05) is 68.9 Å². The van der Waals surface area contributed by atoms with Crippen LogP contribution in [-0.2, 0) is 46.1 Å². The molecular formula is C39H59B3N18O19P3. The van der Waals surface area contributed by atoms with Crippen molar-refractivity contribution in [2.75, 3.05) is 43.6 Å². The maximum atomic E-state index is 12.6. The summed E-state index contributed by atoms with van der Waals surface area (Å²) in [5.41, 5.74) is 15.8. The van der Waals surface area contributed by atoms with Crippen LogP contribution in [-0.4, -0.2) is 184 Å². The lowest BCUT2D eigenvalue weighted by Gasteiger charge is -2.24. The summed E-state index contributed by atoms with van der Waals surface area (Å²) in [6.07, 6.45) is -5.19. The number of nitrogen functional groups attached to an aromatic ring is 3. The fourth-order valence-electron chi connectivity index (χ4n) is 8.98. The van der Waals surface area contributed by atoms with E-state index < -0.39 is 135 Å². The Morgan fingerprint density at radius 3 is 1.71 bits per heavy atom. The van der Waals surface area contributed by atoms with Crippen molar-refractivity contribution in [1.29, 1.82) is 0 Å². The van der Waals surface area contributed by atoms with Gasteiger partial charge in [-0.25, -0.2) is 29.5 Å². The van der Waals surface area contributed by atoms with Crippen LogP contribution < -0.4 is 58.2 Å². The Balaban J connectivity index is 0.00000241. The first kappa shape index (κ1) is 69.1. The van der Waals surface area contributed by atoms with Gasteiger partial charge in [-0.05, 0) is 13.0 Å². The molecule has 4 aliphatic rings. The van der Waals surface area contributed by atoms with Crippen LogP contribution in [0.25, 0.3) is 22.3 Å². The highest BCUT2D eigenvalue weighted by molar-refractivity contribution is 7.41. The number of aromatic nitrogens is 12. The lowest BCUT2D eigenvalue weighted by atomic mass is 10.2. The normalized spacial score (nSPS) is 26.9. The Hall–Kier alpha value is -5.38. The van der Waals surface area contributed by atoms with Gasteiger partial charge in [-0.3, -0.25) is 37.8 Å². The Bertz CT molecular complexity index is 3300. The van der Waals surface area contributed by atoms with Gasteiger partial charge in [0.05, 0.1) is 63.5 Å². The third-order valence-corrected chi connectivity index (χ3v) is 15.2. The van der Waals surface area contributed by atoms with Gasteiger partial charge in [-0.2, -0.15) is 9.97 Å². The molecule has 37 nitrogen and oxygen atoms in total. The molecule has 10 rings (SSSR count). The summed E-state index contributed by atoms with van der Waals surface area (Å²) in [5.74, 6) is -0.0706. The van der Waals surface area contributed by atoms with Crippen LogP contribution in [0, 0.1) is 6.92 Å². The van der Waals surface area contributed by atoms with E-state index in [1.165, 1.54) is 53.5 Å². The molecule has 6 aromatic rings. The first-order chi connectivity index (χ1) is 36.5. The van der Waals surface area contributed by atoms with E-state index in [4.69, 9.17) is 63.3 Å². The largest absolute Gasteiger partial charge is 0.394 e. The van der Waals surface area contributed by atoms with Crippen LogP contribution >= 0.6 is 25.8 Å². The summed E-state index contributed by atoms with van der Waals surface area (Å²) in [5, 5.41) is 20.8. The maximum absolute atomic E-state index is 12.6. The number of hydrogen-bond donors (Lipinski definition) is 13. The second-order valence-corrected chi connectivity index (χ2v) is 20.5. The summed E-state index contributed by atoms with van der Waals surface area (Å²) < 4.78 is 64.6. The zero-order chi connectivity index (χ0) is 53.5. The average Bonchev–Trinajstić information content (AvgIpc) is 4.32. The lowest BCUT2D eigenvalue weighted by molar-refractivity contribution is -0.0551. The number of hydrogen-bond acceptors (Lipinski definition) is 31. The zero-order valence-corrected chi connectivity index (χ0v) is 46.1. The molecule has 82 heavy (non-hydrogen) atoms. The molecule has 0 saturated carbocycles. The van der Waals surface area contributed by atoms with E-state index in [0.717, 1.165) is 4.57 Å². The Morgan fingerprint density at radius 1 is 0.634 bits per heavy atom. The molecule has 10 heterocycles.